The van der Waals surface area contributed by atoms with Gasteiger partial charge in [-0.2, -0.15) is 5.26 Å². The molecule has 1 saturated carbocycles. The van der Waals surface area contributed by atoms with Gasteiger partial charge in [-0.25, -0.2) is 9.59 Å². The van der Waals surface area contributed by atoms with Crippen LogP contribution >= 0.6 is 0 Å². The van der Waals surface area contributed by atoms with Crippen LogP contribution in [0.15, 0.2) is 30.3 Å². The third-order valence-electron chi connectivity index (χ3n) is 4.83. The van der Waals surface area contributed by atoms with Crippen LogP contribution in [0.5, 0.6) is 0 Å². The highest BCUT2D eigenvalue weighted by Gasteiger charge is 2.56. The van der Waals surface area contributed by atoms with E-state index in [1.165, 1.54) is 0 Å². The minimum absolute atomic E-state index is 0.194. The molecule has 1 aliphatic carbocycles. The van der Waals surface area contributed by atoms with Crippen molar-refractivity contribution in [2.45, 2.75) is 51.3 Å². The molecule has 0 amide bonds. The van der Waals surface area contributed by atoms with Gasteiger partial charge in [0, 0.05) is 6.42 Å². The van der Waals surface area contributed by atoms with Crippen molar-refractivity contribution >= 4 is 11.9 Å². The summed E-state index contributed by atoms with van der Waals surface area (Å²) in [5.74, 6) is -3.02. The molecule has 2 fully saturated rings. The van der Waals surface area contributed by atoms with E-state index in [2.05, 4.69) is 4.89 Å². The lowest BCUT2D eigenvalue weighted by atomic mass is 9.75. The van der Waals surface area contributed by atoms with Gasteiger partial charge >= 0.3 is 11.9 Å². The summed E-state index contributed by atoms with van der Waals surface area (Å²) in [5, 5.41) is 8.76. The average molecular weight is 350 g/mol. The fourth-order valence-electron chi connectivity index (χ4n) is 3.61. The Morgan fingerprint density at radius 3 is 2.44 bits per heavy atom. The van der Waals surface area contributed by atoms with Crippen molar-refractivity contribution in [3.05, 3.63) is 35.9 Å². The number of hydrogen-bond acceptors (Lipinski definition) is 7. The molecule has 1 heterocycles. The van der Waals surface area contributed by atoms with Gasteiger partial charge < -0.3 is 19.1 Å². The second kappa shape index (κ2) is 6.74. The van der Waals surface area contributed by atoms with E-state index in [1.54, 1.807) is 44.2 Å². The van der Waals surface area contributed by atoms with Crippen LogP contribution in [0.3, 0.4) is 0 Å². The number of hydrogen-bond donors (Lipinski definition) is 1. The topological polar surface area (TPSA) is 91.3 Å². The van der Waals surface area contributed by atoms with E-state index >= 15 is 0 Å². The second-order valence-corrected chi connectivity index (χ2v) is 6.99. The van der Waals surface area contributed by atoms with E-state index in [0.29, 0.717) is 5.56 Å². The lowest BCUT2D eigenvalue weighted by molar-refractivity contribution is -0.244. The van der Waals surface area contributed by atoms with Crippen molar-refractivity contribution in [1.82, 2.24) is 0 Å². The predicted molar refractivity (Wildman–Crippen MR) is 85.5 cm³/mol. The highest BCUT2D eigenvalue weighted by atomic mass is 17.1. The van der Waals surface area contributed by atoms with Crippen LogP contribution in [0.1, 0.15) is 37.6 Å². The molecule has 0 bridgehead atoms. The van der Waals surface area contributed by atoms with E-state index in [4.69, 9.17) is 19.5 Å². The SMILES string of the molecule is CC1[C@H]2OC(C)(C)O[C@H]2[C@H](OC(=O)c2ccccc2)C[C@H]1C(=O)OO. The molecular weight excluding hydrogens is 328 g/mol. The van der Waals surface area contributed by atoms with Gasteiger partial charge in [0.05, 0.1) is 17.6 Å². The summed E-state index contributed by atoms with van der Waals surface area (Å²) in [7, 11) is 0. The van der Waals surface area contributed by atoms with Crippen molar-refractivity contribution in [2.24, 2.45) is 11.8 Å². The number of fused-ring (bicyclic) bond motifs is 1. The molecule has 3 rings (SSSR count). The van der Waals surface area contributed by atoms with Gasteiger partial charge in [-0.05, 0) is 31.9 Å². The largest absolute Gasteiger partial charge is 0.456 e. The number of esters is 1. The Kier molecular flexibility index (Phi) is 4.81. The molecule has 1 N–H and O–H groups in total. The summed E-state index contributed by atoms with van der Waals surface area (Å²) in [5.41, 5.74) is 0.414. The maximum absolute atomic E-state index is 12.4. The van der Waals surface area contributed by atoms with Gasteiger partial charge in [-0.3, -0.25) is 0 Å². The zero-order chi connectivity index (χ0) is 18.2. The molecule has 2 aliphatic rings. The van der Waals surface area contributed by atoms with E-state index in [0.717, 1.165) is 0 Å². The Morgan fingerprint density at radius 2 is 1.80 bits per heavy atom. The van der Waals surface area contributed by atoms with Crippen LogP contribution in [0, 0.1) is 11.8 Å². The van der Waals surface area contributed by atoms with Crippen LogP contribution in [-0.2, 0) is 23.9 Å². The summed E-state index contributed by atoms with van der Waals surface area (Å²) in [4.78, 5) is 28.2. The Balaban J connectivity index is 1.83. The summed E-state index contributed by atoms with van der Waals surface area (Å²) >= 11 is 0. The average Bonchev–Trinajstić information content (AvgIpc) is 2.93. The molecular formula is C18H22O7. The first kappa shape index (κ1) is 17.8. The lowest BCUT2D eigenvalue weighted by Gasteiger charge is -2.38. The molecule has 136 valence electrons. The van der Waals surface area contributed by atoms with Gasteiger partial charge in [-0.1, -0.05) is 25.1 Å². The number of carbonyl (C=O) groups excluding carboxylic acids is 2. The van der Waals surface area contributed by atoms with E-state index in [9.17, 15) is 9.59 Å². The number of carbonyl (C=O) groups is 2. The van der Waals surface area contributed by atoms with Crippen molar-refractivity contribution in [1.29, 1.82) is 0 Å². The van der Waals surface area contributed by atoms with Gasteiger partial charge in [-0.15, -0.1) is 0 Å². The summed E-state index contributed by atoms with van der Waals surface area (Å²) in [6, 6.07) is 8.60. The molecule has 1 unspecified atom stereocenters. The molecule has 25 heavy (non-hydrogen) atoms. The molecule has 7 heteroatoms. The minimum Gasteiger partial charge on any atom is -0.456 e. The molecule has 0 aromatic heterocycles. The van der Waals surface area contributed by atoms with E-state index in [-0.39, 0.29) is 12.3 Å². The molecule has 1 saturated heterocycles. The van der Waals surface area contributed by atoms with Crippen LogP contribution in [0.25, 0.3) is 0 Å². The molecule has 0 spiro atoms. The third-order valence-corrected chi connectivity index (χ3v) is 4.83. The van der Waals surface area contributed by atoms with Gasteiger partial charge in [0.1, 0.15) is 12.2 Å². The Hall–Kier alpha value is -1.96. The predicted octanol–water partition coefficient (Wildman–Crippen LogP) is 2.40. The monoisotopic (exact) mass is 350 g/mol. The number of benzene rings is 1. The van der Waals surface area contributed by atoms with Crippen LogP contribution in [-0.4, -0.2) is 41.3 Å². The molecule has 0 radical (unpaired) electrons. The Bertz CT molecular complexity index is 642. The summed E-state index contributed by atoms with van der Waals surface area (Å²) in [6.07, 6.45) is -1.42. The van der Waals surface area contributed by atoms with E-state index in [1.807, 2.05) is 6.92 Å². The zero-order valence-corrected chi connectivity index (χ0v) is 14.4. The standard InChI is InChI=1S/C18H22O7/c1-10-12(17(20)25-21)9-13(15-14(10)23-18(2,3)24-15)22-16(19)11-7-5-4-6-8-11/h4-8,10,12-15,21H,9H2,1-3H3/t10?,12-,13-,14-,15+/m1/s1. The van der Waals surface area contributed by atoms with Crippen molar-refractivity contribution in [3.8, 4) is 0 Å². The van der Waals surface area contributed by atoms with Crippen LogP contribution in [0.4, 0.5) is 0 Å². The quantitative estimate of drug-likeness (QED) is 0.508. The highest BCUT2D eigenvalue weighted by molar-refractivity contribution is 5.89. The number of rotatable bonds is 3. The van der Waals surface area contributed by atoms with Crippen molar-refractivity contribution in [2.75, 3.05) is 0 Å². The first-order valence-corrected chi connectivity index (χ1v) is 8.29. The fourth-order valence-corrected chi connectivity index (χ4v) is 3.61. The first-order valence-electron chi connectivity index (χ1n) is 8.29. The van der Waals surface area contributed by atoms with Crippen molar-refractivity contribution < 1.29 is 33.9 Å². The zero-order valence-electron chi connectivity index (χ0n) is 14.4. The van der Waals surface area contributed by atoms with Gasteiger partial charge in [0.25, 0.3) is 0 Å². The molecule has 1 aromatic carbocycles. The molecule has 1 aliphatic heterocycles. The third kappa shape index (κ3) is 3.53. The van der Waals surface area contributed by atoms with Crippen LogP contribution in [0.2, 0.25) is 0 Å². The maximum Gasteiger partial charge on any atom is 0.345 e. The lowest BCUT2D eigenvalue weighted by Crippen LogP contribution is -2.51. The first-order chi connectivity index (χ1) is 11.8. The van der Waals surface area contributed by atoms with Gasteiger partial charge in [0.2, 0.25) is 0 Å². The molecule has 7 nitrogen and oxygen atoms in total. The molecule has 5 atom stereocenters. The normalized spacial score (nSPS) is 33.4. The second-order valence-electron chi connectivity index (χ2n) is 6.99. The van der Waals surface area contributed by atoms with Crippen LogP contribution < -0.4 is 0 Å². The maximum atomic E-state index is 12.4. The highest BCUT2D eigenvalue weighted by Crippen LogP contribution is 2.43. The van der Waals surface area contributed by atoms with Crippen molar-refractivity contribution in [3.63, 3.8) is 0 Å². The Labute approximate surface area is 145 Å². The summed E-state index contributed by atoms with van der Waals surface area (Å²) < 4.78 is 17.4. The molecule has 1 aromatic rings. The number of ether oxygens (including phenoxy) is 3. The van der Waals surface area contributed by atoms with E-state index < -0.39 is 42.0 Å². The smallest absolute Gasteiger partial charge is 0.345 e. The van der Waals surface area contributed by atoms with Gasteiger partial charge in [0.15, 0.2) is 5.79 Å². The summed E-state index contributed by atoms with van der Waals surface area (Å²) in [6.45, 7) is 5.38. The Morgan fingerprint density at radius 1 is 1.16 bits per heavy atom. The minimum atomic E-state index is -0.848. The fraction of sp³-hybridized carbons (Fsp3) is 0.556.